The van der Waals surface area contributed by atoms with E-state index in [1.165, 1.54) is 0 Å². The highest BCUT2D eigenvalue weighted by molar-refractivity contribution is 5.97. The van der Waals surface area contributed by atoms with E-state index in [9.17, 15) is 10.1 Å². The van der Waals surface area contributed by atoms with Gasteiger partial charge in [-0.15, -0.1) is 0 Å². The van der Waals surface area contributed by atoms with Gasteiger partial charge < -0.3 is 9.80 Å². The number of piperazine rings is 1. The topological polar surface area (TPSA) is 99.2 Å². The van der Waals surface area contributed by atoms with E-state index >= 15 is 0 Å². The van der Waals surface area contributed by atoms with Crippen LogP contribution >= 0.6 is 0 Å². The van der Waals surface area contributed by atoms with E-state index in [1.54, 1.807) is 48.8 Å². The van der Waals surface area contributed by atoms with Gasteiger partial charge in [-0.25, -0.2) is 4.98 Å². The lowest BCUT2D eigenvalue weighted by atomic mass is 10.1. The van der Waals surface area contributed by atoms with Crippen molar-refractivity contribution >= 4 is 28.1 Å². The van der Waals surface area contributed by atoms with Gasteiger partial charge in [0, 0.05) is 44.6 Å². The van der Waals surface area contributed by atoms with Crippen molar-refractivity contribution in [3.63, 3.8) is 0 Å². The predicted octanol–water partition coefficient (Wildman–Crippen LogP) is 2.74. The van der Waals surface area contributed by atoms with Gasteiger partial charge in [0.25, 0.3) is 5.69 Å². The Balaban J connectivity index is 1.59. The van der Waals surface area contributed by atoms with Gasteiger partial charge in [-0.05, 0) is 30.3 Å². The number of aromatic nitrogens is 2. The molecule has 2 aromatic heterocycles. The second kappa shape index (κ2) is 6.88. The highest BCUT2D eigenvalue weighted by atomic mass is 16.6. The van der Waals surface area contributed by atoms with Crippen molar-refractivity contribution in [2.45, 2.75) is 0 Å². The van der Waals surface area contributed by atoms with E-state index in [2.05, 4.69) is 25.8 Å². The number of hydrogen-bond donors (Lipinski definition) is 0. The highest BCUT2D eigenvalue weighted by Crippen LogP contribution is 2.32. The van der Waals surface area contributed by atoms with Crippen LogP contribution in [-0.4, -0.2) is 41.1 Å². The second-order valence-electron chi connectivity index (χ2n) is 6.25. The summed E-state index contributed by atoms with van der Waals surface area (Å²) in [7, 11) is 0. The fraction of sp³-hybridized carbons (Fsp3) is 0.211. The summed E-state index contributed by atoms with van der Waals surface area (Å²) >= 11 is 0. The molecule has 1 aromatic carbocycles. The van der Waals surface area contributed by atoms with E-state index in [1.807, 2.05) is 0 Å². The number of hydrogen-bond acceptors (Lipinski definition) is 7. The van der Waals surface area contributed by atoms with Crippen molar-refractivity contribution in [1.29, 1.82) is 5.26 Å². The van der Waals surface area contributed by atoms with E-state index in [-0.39, 0.29) is 10.6 Å². The lowest BCUT2D eigenvalue weighted by Gasteiger charge is -2.37. The maximum atomic E-state index is 11.3. The van der Waals surface area contributed by atoms with Crippen LogP contribution in [0.4, 0.5) is 17.2 Å². The monoisotopic (exact) mass is 360 g/mol. The minimum atomic E-state index is -0.375. The summed E-state index contributed by atoms with van der Waals surface area (Å²) in [5, 5.41) is 20.9. The molecular weight excluding hydrogens is 344 g/mol. The first-order valence-electron chi connectivity index (χ1n) is 8.55. The molecule has 1 aliphatic rings. The summed E-state index contributed by atoms with van der Waals surface area (Å²) < 4.78 is 0. The third-order valence-electron chi connectivity index (χ3n) is 4.74. The highest BCUT2D eigenvalue weighted by Gasteiger charge is 2.23. The molecule has 1 saturated heterocycles. The average Bonchev–Trinajstić information content (AvgIpc) is 2.73. The van der Waals surface area contributed by atoms with Gasteiger partial charge in [0.2, 0.25) is 0 Å². The van der Waals surface area contributed by atoms with Crippen LogP contribution < -0.4 is 9.80 Å². The molecule has 1 aliphatic heterocycles. The first-order chi connectivity index (χ1) is 13.2. The number of benzene rings is 1. The van der Waals surface area contributed by atoms with Crippen molar-refractivity contribution < 1.29 is 4.92 Å². The fourth-order valence-electron chi connectivity index (χ4n) is 3.39. The van der Waals surface area contributed by atoms with Crippen LogP contribution in [0.15, 0.2) is 48.8 Å². The first-order valence-corrected chi connectivity index (χ1v) is 8.55. The Morgan fingerprint density at radius 1 is 1.04 bits per heavy atom. The van der Waals surface area contributed by atoms with Crippen molar-refractivity contribution in [1.82, 2.24) is 9.97 Å². The lowest BCUT2D eigenvalue weighted by molar-refractivity contribution is -0.383. The number of nitro groups is 1. The normalized spacial score (nSPS) is 14.2. The molecular formula is C19H16N6O2. The molecule has 3 heterocycles. The van der Waals surface area contributed by atoms with Gasteiger partial charge in [-0.3, -0.25) is 15.1 Å². The van der Waals surface area contributed by atoms with Gasteiger partial charge in [0.05, 0.1) is 27.6 Å². The van der Waals surface area contributed by atoms with Gasteiger partial charge in [0.1, 0.15) is 11.3 Å². The van der Waals surface area contributed by atoms with E-state index < -0.39 is 0 Å². The molecule has 0 aliphatic carbocycles. The average molecular weight is 360 g/mol. The minimum absolute atomic E-state index is 0.0676. The van der Waals surface area contributed by atoms with E-state index in [0.717, 1.165) is 37.7 Å². The Hall–Kier alpha value is -3.73. The zero-order valence-corrected chi connectivity index (χ0v) is 14.4. The van der Waals surface area contributed by atoms with Crippen LogP contribution in [0.1, 0.15) is 5.56 Å². The Morgan fingerprint density at radius 3 is 2.56 bits per heavy atom. The molecule has 0 saturated carbocycles. The van der Waals surface area contributed by atoms with E-state index in [4.69, 9.17) is 5.26 Å². The Labute approximate surface area is 155 Å². The third-order valence-corrected chi connectivity index (χ3v) is 4.74. The van der Waals surface area contributed by atoms with Crippen molar-refractivity contribution in [2.24, 2.45) is 0 Å². The number of nitrogens with zero attached hydrogens (tertiary/aromatic N) is 6. The second-order valence-corrected chi connectivity index (χ2v) is 6.25. The molecule has 0 spiro atoms. The number of nitriles is 1. The van der Waals surface area contributed by atoms with Gasteiger partial charge in [-0.2, -0.15) is 5.26 Å². The molecule has 0 atom stereocenters. The number of fused-ring (bicyclic) bond motifs is 1. The lowest BCUT2D eigenvalue weighted by Crippen LogP contribution is -2.47. The molecule has 8 heteroatoms. The Bertz CT molecular complexity index is 1050. The number of anilines is 2. The summed E-state index contributed by atoms with van der Waals surface area (Å²) in [6.45, 7) is 2.96. The molecule has 8 nitrogen and oxygen atoms in total. The Kier molecular flexibility index (Phi) is 4.26. The molecule has 134 valence electrons. The molecule has 1 fully saturated rings. The van der Waals surface area contributed by atoms with Crippen molar-refractivity contribution in [2.75, 3.05) is 36.0 Å². The third kappa shape index (κ3) is 3.11. The summed E-state index contributed by atoms with van der Waals surface area (Å²) in [6, 6.07) is 12.4. The smallest absolute Gasteiger partial charge is 0.278 e. The maximum Gasteiger partial charge on any atom is 0.278 e. The summed E-state index contributed by atoms with van der Waals surface area (Å²) in [4.78, 5) is 24.0. The number of non-ortho nitro benzene ring substituents is 1. The van der Waals surface area contributed by atoms with Crippen molar-refractivity contribution in [3.8, 4) is 6.07 Å². The quantitative estimate of drug-likeness (QED) is 0.523. The number of nitro benzene ring substituents is 1. The zero-order chi connectivity index (χ0) is 18.8. The molecule has 0 amide bonds. The molecule has 0 unspecified atom stereocenters. The minimum Gasteiger partial charge on any atom is -0.366 e. The van der Waals surface area contributed by atoms with Crippen LogP contribution in [0.3, 0.4) is 0 Å². The first kappa shape index (κ1) is 16.7. The largest absolute Gasteiger partial charge is 0.366 e. The van der Waals surface area contributed by atoms with Crippen molar-refractivity contribution in [3.05, 3.63) is 64.5 Å². The Morgan fingerprint density at radius 2 is 1.81 bits per heavy atom. The molecule has 4 rings (SSSR count). The van der Waals surface area contributed by atoms with Crippen LogP contribution in [0, 0.1) is 21.4 Å². The fourth-order valence-corrected chi connectivity index (χ4v) is 3.39. The summed E-state index contributed by atoms with van der Waals surface area (Å²) in [6.07, 6.45) is 3.30. The maximum absolute atomic E-state index is 11.3. The van der Waals surface area contributed by atoms with Crippen LogP contribution in [0.5, 0.6) is 0 Å². The summed E-state index contributed by atoms with van der Waals surface area (Å²) in [5.74, 6) is 0.792. The van der Waals surface area contributed by atoms with Gasteiger partial charge in [-0.1, -0.05) is 0 Å². The standard InChI is InChI=1S/C19H16N6O2/c20-13-14-5-7-21-18(12-14)24-10-8-23(9-11-24)17-4-3-16(25(26)27)15-2-1-6-22-19(15)17/h1-7,12H,8-11H2. The molecule has 27 heavy (non-hydrogen) atoms. The molecule has 0 N–H and O–H groups in total. The predicted molar refractivity (Wildman–Crippen MR) is 102 cm³/mol. The molecule has 0 bridgehead atoms. The van der Waals surface area contributed by atoms with Crippen LogP contribution in [0.25, 0.3) is 10.9 Å². The number of pyridine rings is 2. The number of rotatable bonds is 3. The van der Waals surface area contributed by atoms with Crippen LogP contribution in [-0.2, 0) is 0 Å². The van der Waals surface area contributed by atoms with Gasteiger partial charge >= 0.3 is 0 Å². The summed E-state index contributed by atoms with van der Waals surface area (Å²) in [5.41, 5.74) is 2.20. The molecule has 3 aromatic rings. The zero-order valence-electron chi connectivity index (χ0n) is 14.4. The van der Waals surface area contributed by atoms with Crippen LogP contribution in [0.2, 0.25) is 0 Å². The SMILES string of the molecule is N#Cc1ccnc(N2CCN(c3ccc([N+](=O)[O-])c4cccnc34)CC2)c1. The molecule has 0 radical (unpaired) electrons. The van der Waals surface area contributed by atoms with Gasteiger partial charge in [0.15, 0.2) is 0 Å². The van der Waals surface area contributed by atoms with E-state index in [0.29, 0.717) is 16.5 Å².